The Morgan fingerprint density at radius 2 is 2.40 bits per heavy atom. The number of hydrogen-bond donors (Lipinski definition) is 2. The molecule has 1 rings (SSSR count). The summed E-state index contributed by atoms with van der Waals surface area (Å²) in [5, 5.41) is 3.14. The predicted molar refractivity (Wildman–Crippen MR) is 62.4 cm³/mol. The Morgan fingerprint density at radius 1 is 1.67 bits per heavy atom. The molecule has 1 atom stereocenters. The number of aromatic amines is 1. The van der Waals surface area contributed by atoms with E-state index in [4.69, 9.17) is 0 Å². The zero-order valence-corrected chi connectivity index (χ0v) is 9.56. The topological polar surface area (TPSA) is 62.0 Å². The Hall–Kier alpha value is -1.23. The van der Waals surface area contributed by atoms with Gasteiger partial charge in [-0.3, -0.25) is 9.59 Å². The van der Waals surface area contributed by atoms with Crippen LogP contribution in [-0.2, 0) is 0 Å². The van der Waals surface area contributed by atoms with Crippen LogP contribution in [0.25, 0.3) is 0 Å². The zero-order valence-electron chi connectivity index (χ0n) is 8.74. The molecule has 0 bridgehead atoms. The van der Waals surface area contributed by atoms with E-state index in [0.29, 0.717) is 17.4 Å². The van der Waals surface area contributed by atoms with Gasteiger partial charge in [-0.25, -0.2) is 0 Å². The third-order valence-electron chi connectivity index (χ3n) is 1.99. The fourth-order valence-corrected chi connectivity index (χ4v) is 1.26. The molecule has 1 aromatic rings. The zero-order chi connectivity index (χ0) is 11.3. The summed E-state index contributed by atoms with van der Waals surface area (Å²) >= 11 is 1.68. The monoisotopic (exact) mass is 226 g/mol. The molecule has 1 aromatic heterocycles. The molecule has 0 saturated heterocycles. The van der Waals surface area contributed by atoms with E-state index in [-0.39, 0.29) is 11.5 Å². The molecule has 2 N–H and O–H groups in total. The van der Waals surface area contributed by atoms with E-state index in [1.54, 1.807) is 17.8 Å². The molecule has 0 radical (unpaired) electrons. The molecule has 4 nitrogen and oxygen atoms in total. The maximum atomic E-state index is 11.5. The second-order valence-corrected chi connectivity index (χ2v) is 4.47. The van der Waals surface area contributed by atoms with E-state index >= 15 is 0 Å². The van der Waals surface area contributed by atoms with Gasteiger partial charge in [0.15, 0.2) is 0 Å². The van der Waals surface area contributed by atoms with Crippen molar-refractivity contribution < 1.29 is 4.79 Å². The van der Waals surface area contributed by atoms with Crippen molar-refractivity contribution >= 4 is 17.7 Å². The molecule has 15 heavy (non-hydrogen) atoms. The van der Waals surface area contributed by atoms with Crippen LogP contribution in [0.5, 0.6) is 0 Å². The number of H-pyrrole nitrogens is 1. The number of aromatic nitrogens is 1. The number of pyridine rings is 1. The van der Waals surface area contributed by atoms with Crippen LogP contribution in [0.3, 0.4) is 0 Å². The van der Waals surface area contributed by atoms with Gasteiger partial charge >= 0.3 is 0 Å². The second-order valence-electron chi connectivity index (χ2n) is 3.20. The third kappa shape index (κ3) is 3.79. The summed E-state index contributed by atoms with van der Waals surface area (Å²) in [6.45, 7) is 2.63. The Labute approximate surface area is 92.5 Å². The molecular weight excluding hydrogens is 212 g/mol. The van der Waals surface area contributed by atoms with Crippen molar-refractivity contribution in [2.45, 2.75) is 12.2 Å². The van der Waals surface area contributed by atoms with Gasteiger partial charge in [0.2, 0.25) is 5.56 Å². The van der Waals surface area contributed by atoms with Crippen LogP contribution in [0.1, 0.15) is 17.3 Å². The van der Waals surface area contributed by atoms with Gasteiger partial charge in [-0.15, -0.1) is 0 Å². The Balaban J connectivity index is 2.58. The van der Waals surface area contributed by atoms with Crippen LogP contribution >= 0.6 is 11.8 Å². The number of nitrogens with one attached hydrogen (secondary N) is 2. The standard InChI is InChI=1S/C10H14N2O2S/c1-7(15-2)6-12-10(14)8-3-4-11-9(13)5-8/h3-5,7H,6H2,1-2H3,(H,11,13)(H,12,14). The quantitative estimate of drug-likeness (QED) is 0.800. The van der Waals surface area contributed by atoms with Gasteiger partial charge in [0.1, 0.15) is 0 Å². The van der Waals surface area contributed by atoms with Crippen LogP contribution in [0.4, 0.5) is 0 Å². The molecule has 1 unspecified atom stereocenters. The Morgan fingerprint density at radius 3 is 3.00 bits per heavy atom. The first-order valence-electron chi connectivity index (χ1n) is 4.63. The van der Waals surface area contributed by atoms with Crippen molar-refractivity contribution in [3.63, 3.8) is 0 Å². The maximum Gasteiger partial charge on any atom is 0.251 e. The van der Waals surface area contributed by atoms with Gasteiger partial charge in [-0.1, -0.05) is 6.92 Å². The van der Waals surface area contributed by atoms with Crippen molar-refractivity contribution in [3.05, 3.63) is 34.2 Å². The van der Waals surface area contributed by atoms with Crippen molar-refractivity contribution in [2.75, 3.05) is 12.8 Å². The fraction of sp³-hybridized carbons (Fsp3) is 0.400. The summed E-state index contributed by atoms with van der Waals surface area (Å²) in [5.41, 5.74) is 0.132. The Bertz CT molecular complexity index is 389. The first-order valence-corrected chi connectivity index (χ1v) is 5.92. The molecule has 0 spiro atoms. The highest BCUT2D eigenvalue weighted by Gasteiger charge is 2.06. The fourth-order valence-electron chi connectivity index (χ4n) is 1.01. The SMILES string of the molecule is CSC(C)CNC(=O)c1cc[nH]c(=O)c1. The average Bonchev–Trinajstić information content (AvgIpc) is 2.25. The highest BCUT2D eigenvalue weighted by molar-refractivity contribution is 7.99. The second kappa shape index (κ2) is 5.60. The number of amides is 1. The predicted octanol–water partition coefficient (Wildman–Crippen LogP) is 0.856. The van der Waals surface area contributed by atoms with Crippen molar-refractivity contribution in [2.24, 2.45) is 0 Å². The molecule has 5 heteroatoms. The van der Waals surface area contributed by atoms with Crippen LogP contribution in [-0.4, -0.2) is 28.9 Å². The number of thioether (sulfide) groups is 1. The lowest BCUT2D eigenvalue weighted by Gasteiger charge is -2.09. The van der Waals surface area contributed by atoms with E-state index in [9.17, 15) is 9.59 Å². The number of carbonyl (C=O) groups excluding carboxylic acids is 1. The summed E-state index contributed by atoms with van der Waals surface area (Å²) in [7, 11) is 0. The number of carbonyl (C=O) groups is 1. The highest BCUT2D eigenvalue weighted by atomic mass is 32.2. The lowest BCUT2D eigenvalue weighted by Crippen LogP contribution is -2.30. The normalized spacial score (nSPS) is 12.1. The molecule has 0 aliphatic rings. The van der Waals surface area contributed by atoms with E-state index in [0.717, 1.165) is 0 Å². The van der Waals surface area contributed by atoms with Gasteiger partial charge in [-0.2, -0.15) is 11.8 Å². The lowest BCUT2D eigenvalue weighted by molar-refractivity contribution is 0.0954. The largest absolute Gasteiger partial charge is 0.351 e. The minimum absolute atomic E-state index is 0.206. The van der Waals surface area contributed by atoms with Gasteiger partial charge in [0.25, 0.3) is 5.91 Å². The average molecular weight is 226 g/mol. The van der Waals surface area contributed by atoms with Gasteiger partial charge in [0, 0.05) is 29.6 Å². The van der Waals surface area contributed by atoms with Crippen molar-refractivity contribution in [1.82, 2.24) is 10.3 Å². The van der Waals surface area contributed by atoms with Gasteiger partial charge < -0.3 is 10.3 Å². The van der Waals surface area contributed by atoms with Crippen LogP contribution in [0.15, 0.2) is 23.1 Å². The molecule has 1 amide bonds. The molecule has 1 heterocycles. The molecule has 0 aliphatic heterocycles. The van der Waals surface area contributed by atoms with Crippen molar-refractivity contribution in [1.29, 1.82) is 0 Å². The van der Waals surface area contributed by atoms with E-state index < -0.39 is 0 Å². The minimum atomic E-state index is -0.263. The summed E-state index contributed by atoms with van der Waals surface area (Å²) in [6, 6.07) is 2.87. The van der Waals surface area contributed by atoms with Crippen LogP contribution in [0, 0.1) is 0 Å². The van der Waals surface area contributed by atoms with Crippen LogP contribution in [0.2, 0.25) is 0 Å². The first-order chi connectivity index (χ1) is 7.13. The molecule has 0 saturated carbocycles. The summed E-state index contributed by atoms with van der Waals surface area (Å²) in [4.78, 5) is 25.0. The van der Waals surface area contributed by atoms with Crippen LogP contribution < -0.4 is 10.9 Å². The number of rotatable bonds is 4. The number of hydrogen-bond acceptors (Lipinski definition) is 3. The van der Waals surface area contributed by atoms with E-state index in [1.807, 2.05) is 13.2 Å². The summed E-state index contributed by atoms with van der Waals surface area (Å²) < 4.78 is 0. The van der Waals surface area contributed by atoms with Gasteiger partial charge in [0.05, 0.1) is 0 Å². The minimum Gasteiger partial charge on any atom is -0.351 e. The van der Waals surface area contributed by atoms with E-state index in [2.05, 4.69) is 10.3 Å². The third-order valence-corrected chi connectivity index (χ3v) is 2.96. The Kier molecular flexibility index (Phi) is 4.42. The van der Waals surface area contributed by atoms with Gasteiger partial charge in [-0.05, 0) is 12.3 Å². The highest BCUT2D eigenvalue weighted by Crippen LogP contribution is 2.03. The van der Waals surface area contributed by atoms with E-state index in [1.165, 1.54) is 12.3 Å². The maximum absolute atomic E-state index is 11.5. The molecular formula is C10H14N2O2S. The first kappa shape index (κ1) is 11.8. The lowest BCUT2D eigenvalue weighted by atomic mass is 10.2. The molecule has 0 aromatic carbocycles. The van der Waals surface area contributed by atoms with Crippen molar-refractivity contribution in [3.8, 4) is 0 Å². The molecule has 82 valence electrons. The molecule has 0 fully saturated rings. The summed E-state index contributed by atoms with van der Waals surface area (Å²) in [5.74, 6) is -0.206. The molecule has 0 aliphatic carbocycles. The smallest absolute Gasteiger partial charge is 0.251 e. The summed E-state index contributed by atoms with van der Waals surface area (Å²) in [6.07, 6.45) is 3.46.